The van der Waals surface area contributed by atoms with Crippen molar-refractivity contribution in [2.75, 3.05) is 26.2 Å². The van der Waals surface area contributed by atoms with Crippen LogP contribution in [0.1, 0.15) is 53.3 Å². The van der Waals surface area contributed by atoms with Crippen molar-refractivity contribution in [1.29, 1.82) is 0 Å². The van der Waals surface area contributed by atoms with E-state index in [4.69, 9.17) is 0 Å². The standard InChI is InChI=1S/C24H28N2O2.ClH/c1-18(27)19-6-8-20(9-7-19)21-10-12-22(13-11-21)24(28)26-15-3-14-25(16-17-26)23-4-2-5-23;/h6-13,23H,2-5,14-17H2,1H3;1H. The van der Waals surface area contributed by atoms with Gasteiger partial charge in [0.2, 0.25) is 0 Å². The Balaban J connectivity index is 0.00000240. The average Bonchev–Trinajstić information content (AvgIpc) is 2.92. The Hall–Kier alpha value is -2.17. The summed E-state index contributed by atoms with van der Waals surface area (Å²) >= 11 is 0. The highest BCUT2D eigenvalue weighted by atomic mass is 35.5. The Kier molecular flexibility index (Phi) is 7.09. The van der Waals surface area contributed by atoms with Gasteiger partial charge in [-0.3, -0.25) is 14.5 Å². The van der Waals surface area contributed by atoms with Crippen LogP contribution >= 0.6 is 12.4 Å². The van der Waals surface area contributed by atoms with Gasteiger partial charge in [0.1, 0.15) is 0 Å². The summed E-state index contributed by atoms with van der Waals surface area (Å²) in [5.41, 5.74) is 3.57. The van der Waals surface area contributed by atoms with Crippen molar-refractivity contribution >= 4 is 24.1 Å². The van der Waals surface area contributed by atoms with Gasteiger partial charge in [-0.15, -0.1) is 12.4 Å². The van der Waals surface area contributed by atoms with Crippen LogP contribution in [0.5, 0.6) is 0 Å². The van der Waals surface area contributed by atoms with E-state index in [0.29, 0.717) is 5.56 Å². The van der Waals surface area contributed by atoms with Crippen molar-refractivity contribution in [3.05, 3.63) is 59.7 Å². The fraction of sp³-hybridized carbons (Fsp3) is 0.417. The highest BCUT2D eigenvalue weighted by molar-refractivity contribution is 5.95. The summed E-state index contributed by atoms with van der Waals surface area (Å²) in [6.45, 7) is 5.35. The van der Waals surface area contributed by atoms with E-state index in [0.717, 1.165) is 55.3 Å². The molecule has 0 bridgehead atoms. The summed E-state index contributed by atoms with van der Waals surface area (Å²) in [6.07, 6.45) is 5.06. The maximum atomic E-state index is 12.9. The third-order valence-corrected chi connectivity index (χ3v) is 6.17. The van der Waals surface area contributed by atoms with E-state index in [1.54, 1.807) is 6.92 Å². The zero-order valence-electron chi connectivity index (χ0n) is 17.0. The van der Waals surface area contributed by atoms with E-state index in [9.17, 15) is 9.59 Å². The molecule has 1 saturated carbocycles. The van der Waals surface area contributed by atoms with Crippen molar-refractivity contribution in [3.63, 3.8) is 0 Å². The minimum Gasteiger partial charge on any atom is -0.337 e. The number of nitrogens with zero attached hydrogens (tertiary/aromatic N) is 2. The van der Waals surface area contributed by atoms with Gasteiger partial charge < -0.3 is 4.90 Å². The number of Topliss-reactive ketones (excluding diaryl/α,β-unsaturated/α-hetero) is 1. The quantitative estimate of drug-likeness (QED) is 0.684. The molecule has 1 heterocycles. The third-order valence-electron chi connectivity index (χ3n) is 6.17. The third kappa shape index (κ3) is 4.88. The fourth-order valence-corrected chi connectivity index (χ4v) is 4.14. The van der Waals surface area contributed by atoms with Gasteiger partial charge in [-0.05, 0) is 49.4 Å². The van der Waals surface area contributed by atoms with Gasteiger partial charge in [-0.1, -0.05) is 42.8 Å². The molecule has 1 aliphatic heterocycles. The van der Waals surface area contributed by atoms with E-state index in [-0.39, 0.29) is 24.1 Å². The summed E-state index contributed by atoms with van der Waals surface area (Å²) < 4.78 is 0. The van der Waals surface area contributed by atoms with Gasteiger partial charge >= 0.3 is 0 Å². The predicted octanol–water partition coefficient (Wildman–Crippen LogP) is 4.68. The molecule has 4 rings (SSSR count). The Morgan fingerprint density at radius 1 is 0.759 bits per heavy atom. The van der Waals surface area contributed by atoms with Crippen LogP contribution < -0.4 is 0 Å². The summed E-state index contributed by atoms with van der Waals surface area (Å²) in [4.78, 5) is 29.0. The Morgan fingerprint density at radius 2 is 1.34 bits per heavy atom. The van der Waals surface area contributed by atoms with Crippen LogP contribution in [0.2, 0.25) is 0 Å². The van der Waals surface area contributed by atoms with E-state index in [1.807, 2.05) is 53.4 Å². The lowest BCUT2D eigenvalue weighted by molar-refractivity contribution is 0.0749. The fourth-order valence-electron chi connectivity index (χ4n) is 4.14. The average molecular weight is 413 g/mol. The lowest BCUT2D eigenvalue weighted by Crippen LogP contribution is -2.42. The molecule has 0 unspecified atom stereocenters. The van der Waals surface area contributed by atoms with Crippen LogP contribution in [-0.4, -0.2) is 53.7 Å². The molecule has 1 aliphatic carbocycles. The van der Waals surface area contributed by atoms with Gasteiger partial charge in [-0.25, -0.2) is 0 Å². The molecular formula is C24H29ClN2O2. The first-order valence-corrected chi connectivity index (χ1v) is 10.4. The second-order valence-corrected chi connectivity index (χ2v) is 7.98. The maximum absolute atomic E-state index is 12.9. The van der Waals surface area contributed by atoms with Crippen LogP contribution in [0, 0.1) is 0 Å². The molecule has 0 aromatic heterocycles. The Bertz CT molecular complexity index is 844. The normalized spacial score (nSPS) is 17.8. The number of hydrogen-bond acceptors (Lipinski definition) is 3. The zero-order valence-corrected chi connectivity index (χ0v) is 17.8. The van der Waals surface area contributed by atoms with Gasteiger partial charge in [0.15, 0.2) is 5.78 Å². The van der Waals surface area contributed by atoms with Crippen LogP contribution in [0.4, 0.5) is 0 Å². The number of hydrogen-bond donors (Lipinski definition) is 0. The smallest absolute Gasteiger partial charge is 0.253 e. The second-order valence-electron chi connectivity index (χ2n) is 7.98. The first kappa shape index (κ1) is 21.5. The van der Waals surface area contributed by atoms with Crippen LogP contribution in [0.3, 0.4) is 0 Å². The van der Waals surface area contributed by atoms with Crippen molar-refractivity contribution in [3.8, 4) is 11.1 Å². The van der Waals surface area contributed by atoms with Gasteiger partial charge in [0.05, 0.1) is 0 Å². The minimum absolute atomic E-state index is 0. The predicted molar refractivity (Wildman–Crippen MR) is 119 cm³/mol. The largest absolute Gasteiger partial charge is 0.337 e. The van der Waals surface area contributed by atoms with E-state index in [2.05, 4.69) is 4.90 Å². The SMILES string of the molecule is CC(=O)c1ccc(-c2ccc(C(=O)N3CCCN(C4CCC4)CC3)cc2)cc1.Cl. The molecular weight excluding hydrogens is 384 g/mol. The van der Waals surface area contributed by atoms with Crippen molar-refractivity contribution < 1.29 is 9.59 Å². The number of ketones is 1. The van der Waals surface area contributed by atoms with Gasteiger partial charge in [-0.2, -0.15) is 0 Å². The molecule has 1 amide bonds. The molecule has 2 aromatic rings. The lowest BCUT2D eigenvalue weighted by Gasteiger charge is -2.36. The lowest BCUT2D eigenvalue weighted by atomic mass is 9.91. The molecule has 154 valence electrons. The molecule has 0 atom stereocenters. The maximum Gasteiger partial charge on any atom is 0.253 e. The van der Waals surface area contributed by atoms with E-state index in [1.165, 1.54) is 19.3 Å². The molecule has 0 N–H and O–H groups in total. The number of rotatable bonds is 4. The Labute approximate surface area is 179 Å². The highest BCUT2D eigenvalue weighted by Gasteiger charge is 2.27. The van der Waals surface area contributed by atoms with Crippen molar-refractivity contribution in [2.45, 2.75) is 38.6 Å². The number of benzene rings is 2. The van der Waals surface area contributed by atoms with Crippen LogP contribution in [-0.2, 0) is 0 Å². The summed E-state index contributed by atoms with van der Waals surface area (Å²) in [7, 11) is 0. The number of carbonyl (C=O) groups is 2. The minimum atomic E-state index is 0. The van der Waals surface area contributed by atoms with Gasteiger partial charge in [0, 0.05) is 43.3 Å². The molecule has 5 heteroatoms. The molecule has 2 fully saturated rings. The number of carbonyl (C=O) groups excluding carboxylic acids is 2. The summed E-state index contributed by atoms with van der Waals surface area (Å²) in [5, 5.41) is 0. The molecule has 29 heavy (non-hydrogen) atoms. The number of halogens is 1. The van der Waals surface area contributed by atoms with Crippen LogP contribution in [0.25, 0.3) is 11.1 Å². The van der Waals surface area contributed by atoms with E-state index < -0.39 is 0 Å². The monoisotopic (exact) mass is 412 g/mol. The summed E-state index contributed by atoms with van der Waals surface area (Å²) in [5.74, 6) is 0.203. The van der Waals surface area contributed by atoms with Crippen molar-refractivity contribution in [2.24, 2.45) is 0 Å². The van der Waals surface area contributed by atoms with Gasteiger partial charge in [0.25, 0.3) is 5.91 Å². The molecule has 2 aliphatic rings. The topological polar surface area (TPSA) is 40.6 Å². The molecule has 0 spiro atoms. The second kappa shape index (κ2) is 9.55. The first-order chi connectivity index (χ1) is 13.6. The Morgan fingerprint density at radius 3 is 1.86 bits per heavy atom. The summed E-state index contributed by atoms with van der Waals surface area (Å²) in [6, 6.07) is 16.2. The van der Waals surface area contributed by atoms with Crippen molar-refractivity contribution in [1.82, 2.24) is 9.80 Å². The zero-order chi connectivity index (χ0) is 19.5. The number of amides is 1. The first-order valence-electron chi connectivity index (χ1n) is 10.4. The molecule has 1 saturated heterocycles. The molecule has 2 aromatic carbocycles. The highest BCUT2D eigenvalue weighted by Crippen LogP contribution is 2.26. The molecule has 4 nitrogen and oxygen atoms in total. The van der Waals surface area contributed by atoms with E-state index >= 15 is 0 Å². The van der Waals surface area contributed by atoms with Crippen LogP contribution in [0.15, 0.2) is 48.5 Å². The molecule has 0 radical (unpaired) electrons.